The molecule has 0 saturated heterocycles. The summed E-state index contributed by atoms with van der Waals surface area (Å²) in [7, 11) is 0. The number of imide groups is 1. The third kappa shape index (κ3) is 4.39. The van der Waals surface area contributed by atoms with E-state index >= 15 is 0 Å². The van der Waals surface area contributed by atoms with Gasteiger partial charge >= 0.3 is 6.03 Å². The van der Waals surface area contributed by atoms with Crippen molar-refractivity contribution in [3.63, 3.8) is 0 Å². The van der Waals surface area contributed by atoms with Gasteiger partial charge in [0.05, 0.1) is 11.4 Å². The van der Waals surface area contributed by atoms with Crippen LogP contribution < -0.4 is 16.1 Å². The van der Waals surface area contributed by atoms with E-state index in [1.54, 1.807) is 11.5 Å². The molecule has 28 heavy (non-hydrogen) atoms. The standard InChI is InChI=1S/C18H20N6O3S/c1-3-24-15(19)14-11(2)23-27-16(14)22-18(24)28-10-13(25)21-17(26)20-9-12-7-5-4-6-8-12/h4-8,19H,3,9-10H2,1-2H3,(H2,20,21,25,26). The molecule has 0 aliphatic heterocycles. The molecule has 1 aromatic carbocycles. The van der Waals surface area contributed by atoms with E-state index in [0.29, 0.717) is 29.3 Å². The Balaban J connectivity index is 1.60. The summed E-state index contributed by atoms with van der Waals surface area (Å²) in [5.41, 5.74) is 2.02. The highest BCUT2D eigenvalue weighted by atomic mass is 32.2. The Kier molecular flexibility index (Phi) is 6.09. The number of amides is 3. The molecule has 3 rings (SSSR count). The second kappa shape index (κ2) is 8.70. The highest BCUT2D eigenvalue weighted by Gasteiger charge is 2.16. The van der Waals surface area contributed by atoms with Crippen molar-refractivity contribution in [1.82, 2.24) is 25.3 Å². The van der Waals surface area contributed by atoms with Gasteiger partial charge in [-0.2, -0.15) is 4.98 Å². The molecule has 146 valence electrons. The number of aromatic nitrogens is 3. The SMILES string of the molecule is CCn1c(SCC(=O)NC(=O)NCc2ccccc2)nc2onc(C)c2c1=N. The Hall–Kier alpha value is -3.14. The summed E-state index contributed by atoms with van der Waals surface area (Å²) in [5.74, 6) is -0.482. The molecule has 0 unspecified atom stereocenters. The van der Waals surface area contributed by atoms with Gasteiger partial charge < -0.3 is 14.4 Å². The summed E-state index contributed by atoms with van der Waals surface area (Å²) in [6.45, 7) is 4.47. The van der Waals surface area contributed by atoms with Crippen LogP contribution >= 0.6 is 11.8 Å². The number of urea groups is 1. The molecular weight excluding hydrogens is 380 g/mol. The van der Waals surface area contributed by atoms with Gasteiger partial charge in [-0.3, -0.25) is 15.5 Å². The number of rotatable bonds is 6. The molecule has 2 heterocycles. The summed E-state index contributed by atoms with van der Waals surface area (Å²) < 4.78 is 6.81. The molecule has 0 atom stereocenters. The summed E-state index contributed by atoms with van der Waals surface area (Å²) in [5, 5.41) is 18.1. The average molecular weight is 400 g/mol. The van der Waals surface area contributed by atoms with Crippen LogP contribution in [0.5, 0.6) is 0 Å². The van der Waals surface area contributed by atoms with E-state index in [1.807, 2.05) is 37.3 Å². The molecule has 0 radical (unpaired) electrons. The fourth-order valence-electron chi connectivity index (χ4n) is 2.60. The minimum atomic E-state index is -0.562. The van der Waals surface area contributed by atoms with E-state index in [-0.39, 0.29) is 17.0 Å². The number of nitrogens with zero attached hydrogens (tertiary/aromatic N) is 3. The molecule has 0 aliphatic carbocycles. The zero-order valence-corrected chi connectivity index (χ0v) is 16.3. The van der Waals surface area contributed by atoms with Gasteiger partial charge in [-0.05, 0) is 19.4 Å². The Labute approximate surface area is 165 Å². The van der Waals surface area contributed by atoms with Crippen LogP contribution in [-0.4, -0.2) is 32.4 Å². The second-order valence-electron chi connectivity index (χ2n) is 5.94. The highest BCUT2D eigenvalue weighted by Crippen LogP contribution is 2.19. The Bertz CT molecular complexity index is 1060. The average Bonchev–Trinajstić information content (AvgIpc) is 3.06. The van der Waals surface area contributed by atoms with Crippen molar-refractivity contribution in [3.8, 4) is 0 Å². The van der Waals surface area contributed by atoms with E-state index in [9.17, 15) is 9.59 Å². The normalized spacial score (nSPS) is 10.8. The van der Waals surface area contributed by atoms with Gasteiger partial charge in [0.15, 0.2) is 5.16 Å². The van der Waals surface area contributed by atoms with Crippen molar-refractivity contribution >= 4 is 34.8 Å². The van der Waals surface area contributed by atoms with E-state index in [4.69, 9.17) is 9.93 Å². The largest absolute Gasteiger partial charge is 0.335 e. The Morgan fingerprint density at radius 1 is 1.29 bits per heavy atom. The summed E-state index contributed by atoms with van der Waals surface area (Å²) in [4.78, 5) is 28.3. The maximum Gasteiger partial charge on any atom is 0.321 e. The van der Waals surface area contributed by atoms with Crippen LogP contribution in [-0.2, 0) is 17.9 Å². The van der Waals surface area contributed by atoms with Gasteiger partial charge in [0.1, 0.15) is 10.9 Å². The first-order chi connectivity index (χ1) is 13.5. The lowest BCUT2D eigenvalue weighted by molar-refractivity contribution is -0.117. The van der Waals surface area contributed by atoms with Gasteiger partial charge in [-0.25, -0.2) is 4.79 Å². The van der Waals surface area contributed by atoms with Gasteiger partial charge in [-0.1, -0.05) is 47.3 Å². The minimum absolute atomic E-state index is 0.0240. The molecule has 0 saturated carbocycles. The van der Waals surface area contributed by atoms with Crippen molar-refractivity contribution in [2.75, 3.05) is 5.75 Å². The number of aryl methyl sites for hydroxylation is 1. The smallest absolute Gasteiger partial charge is 0.321 e. The summed E-state index contributed by atoms with van der Waals surface area (Å²) in [6, 6.07) is 8.84. The van der Waals surface area contributed by atoms with Crippen LogP contribution in [0.2, 0.25) is 0 Å². The van der Waals surface area contributed by atoms with E-state index in [2.05, 4.69) is 20.8 Å². The summed E-state index contributed by atoms with van der Waals surface area (Å²) >= 11 is 1.13. The predicted molar refractivity (Wildman–Crippen MR) is 104 cm³/mol. The molecule has 3 N–H and O–H groups in total. The fraction of sp³-hybridized carbons (Fsp3) is 0.278. The number of fused-ring (bicyclic) bond motifs is 1. The zero-order valence-electron chi connectivity index (χ0n) is 15.5. The maximum atomic E-state index is 12.1. The molecule has 3 amide bonds. The van der Waals surface area contributed by atoms with Crippen LogP contribution in [0.25, 0.3) is 11.1 Å². The highest BCUT2D eigenvalue weighted by molar-refractivity contribution is 7.99. The van der Waals surface area contributed by atoms with E-state index in [0.717, 1.165) is 17.3 Å². The van der Waals surface area contributed by atoms with Crippen molar-refractivity contribution in [2.24, 2.45) is 0 Å². The first-order valence-electron chi connectivity index (χ1n) is 8.65. The lowest BCUT2D eigenvalue weighted by Gasteiger charge is -2.10. The van der Waals surface area contributed by atoms with Gasteiger partial charge in [0.2, 0.25) is 5.91 Å². The van der Waals surface area contributed by atoms with Crippen molar-refractivity contribution in [3.05, 3.63) is 47.1 Å². The molecule has 2 aromatic heterocycles. The van der Waals surface area contributed by atoms with E-state index < -0.39 is 11.9 Å². The Morgan fingerprint density at radius 3 is 2.75 bits per heavy atom. The van der Waals surface area contributed by atoms with Crippen LogP contribution in [0.15, 0.2) is 40.0 Å². The fourth-order valence-corrected chi connectivity index (χ4v) is 3.46. The van der Waals surface area contributed by atoms with Gasteiger partial charge in [-0.15, -0.1) is 0 Å². The maximum absolute atomic E-state index is 12.1. The number of carbonyl (C=O) groups is 2. The third-order valence-electron chi connectivity index (χ3n) is 3.98. The van der Waals surface area contributed by atoms with Crippen LogP contribution in [0.4, 0.5) is 4.79 Å². The molecule has 10 heteroatoms. The number of nitrogens with one attached hydrogen (secondary N) is 3. The third-order valence-corrected chi connectivity index (χ3v) is 4.95. The lowest BCUT2D eigenvalue weighted by atomic mass is 10.2. The molecule has 9 nitrogen and oxygen atoms in total. The number of hydrogen-bond acceptors (Lipinski definition) is 7. The van der Waals surface area contributed by atoms with Gasteiger partial charge in [0, 0.05) is 13.1 Å². The van der Waals surface area contributed by atoms with E-state index in [1.165, 1.54) is 0 Å². The summed E-state index contributed by atoms with van der Waals surface area (Å²) in [6.07, 6.45) is 0. The quantitative estimate of drug-likeness (QED) is 0.429. The topological polar surface area (TPSA) is 126 Å². The molecule has 0 spiro atoms. The lowest BCUT2D eigenvalue weighted by Crippen LogP contribution is -2.40. The van der Waals surface area contributed by atoms with Gasteiger partial charge in [0.25, 0.3) is 5.71 Å². The van der Waals surface area contributed by atoms with Crippen molar-refractivity contribution in [1.29, 1.82) is 5.41 Å². The molecule has 0 aliphatic rings. The van der Waals surface area contributed by atoms with Crippen molar-refractivity contribution in [2.45, 2.75) is 32.1 Å². The number of hydrogen-bond donors (Lipinski definition) is 3. The Morgan fingerprint density at radius 2 is 2.04 bits per heavy atom. The zero-order chi connectivity index (χ0) is 20.1. The second-order valence-corrected chi connectivity index (χ2v) is 6.88. The first-order valence-corrected chi connectivity index (χ1v) is 9.64. The molecule has 3 aromatic rings. The predicted octanol–water partition coefficient (Wildman–Crippen LogP) is 1.95. The first kappa shape index (κ1) is 19.6. The van der Waals surface area contributed by atoms with Crippen molar-refractivity contribution < 1.29 is 14.1 Å². The number of carbonyl (C=O) groups excluding carboxylic acids is 2. The molecular formula is C18H20N6O3S. The van der Waals surface area contributed by atoms with Crippen LogP contribution in [0.1, 0.15) is 18.2 Å². The van der Waals surface area contributed by atoms with Crippen LogP contribution in [0.3, 0.4) is 0 Å². The monoisotopic (exact) mass is 400 g/mol. The molecule has 0 fully saturated rings. The number of benzene rings is 1. The number of thioether (sulfide) groups is 1. The van der Waals surface area contributed by atoms with Crippen LogP contribution in [0, 0.1) is 12.3 Å². The minimum Gasteiger partial charge on any atom is -0.335 e. The molecule has 0 bridgehead atoms.